The van der Waals surface area contributed by atoms with Gasteiger partial charge in [-0.05, 0) is 26.2 Å². The second-order valence-electron chi connectivity index (χ2n) is 4.94. The van der Waals surface area contributed by atoms with Gasteiger partial charge in [-0.1, -0.05) is 18.5 Å². The van der Waals surface area contributed by atoms with Crippen molar-refractivity contribution in [2.45, 2.75) is 45.1 Å². The third-order valence-electron chi connectivity index (χ3n) is 3.78. The molecule has 2 rings (SSSR count). The van der Waals surface area contributed by atoms with Crippen molar-refractivity contribution in [3.05, 3.63) is 17.5 Å². The molecule has 0 bridgehead atoms. The molecular weight excluding hydrogens is 248 g/mol. The molecule has 1 unspecified atom stereocenters. The van der Waals surface area contributed by atoms with Gasteiger partial charge in [-0.15, -0.1) is 0 Å². The Bertz CT molecular complexity index is 497. The minimum atomic E-state index is -1.07. The number of hydrogen-bond donors (Lipinski definition) is 1. The molecule has 104 valence electrons. The van der Waals surface area contributed by atoms with Gasteiger partial charge in [-0.2, -0.15) is 0 Å². The van der Waals surface area contributed by atoms with E-state index in [9.17, 15) is 14.7 Å². The Morgan fingerprint density at radius 1 is 1.58 bits per heavy atom. The fourth-order valence-electron chi connectivity index (χ4n) is 2.83. The highest BCUT2D eigenvalue weighted by atomic mass is 16.5. The van der Waals surface area contributed by atoms with E-state index in [4.69, 9.17) is 4.52 Å². The van der Waals surface area contributed by atoms with Crippen LogP contribution in [0.15, 0.2) is 10.7 Å². The summed E-state index contributed by atoms with van der Waals surface area (Å²) in [6.45, 7) is 4.05. The van der Waals surface area contributed by atoms with E-state index in [1.165, 1.54) is 11.1 Å². The Morgan fingerprint density at radius 2 is 2.32 bits per heavy atom. The number of aliphatic carboxylic acids is 1. The molecule has 1 aromatic heterocycles. The summed E-state index contributed by atoms with van der Waals surface area (Å²) >= 11 is 0. The van der Waals surface area contributed by atoms with Gasteiger partial charge in [0.1, 0.15) is 16.9 Å². The maximum Gasteiger partial charge on any atom is 0.329 e. The van der Waals surface area contributed by atoms with Gasteiger partial charge in [-0.25, -0.2) is 4.79 Å². The molecule has 1 fully saturated rings. The lowest BCUT2D eigenvalue weighted by Gasteiger charge is -2.34. The van der Waals surface area contributed by atoms with Crippen LogP contribution in [0.2, 0.25) is 0 Å². The minimum absolute atomic E-state index is 0.299. The number of carbonyl (C=O) groups excluding carboxylic acids is 1. The van der Waals surface area contributed by atoms with Crippen LogP contribution >= 0.6 is 0 Å². The van der Waals surface area contributed by atoms with Crippen molar-refractivity contribution in [3.8, 4) is 0 Å². The normalized spacial score (nSPS) is 22.7. The van der Waals surface area contributed by atoms with E-state index in [-0.39, 0.29) is 5.91 Å². The molecule has 0 aliphatic carbocycles. The van der Waals surface area contributed by atoms with E-state index < -0.39 is 11.5 Å². The number of amides is 1. The molecule has 0 aromatic carbocycles. The van der Waals surface area contributed by atoms with E-state index in [0.717, 1.165) is 6.42 Å². The lowest BCUT2D eigenvalue weighted by atomic mass is 9.90. The van der Waals surface area contributed by atoms with Crippen LogP contribution < -0.4 is 0 Å². The summed E-state index contributed by atoms with van der Waals surface area (Å²) < 4.78 is 4.89. The van der Waals surface area contributed by atoms with Crippen molar-refractivity contribution in [2.24, 2.45) is 0 Å². The van der Waals surface area contributed by atoms with Crippen LogP contribution in [0.3, 0.4) is 0 Å². The summed E-state index contributed by atoms with van der Waals surface area (Å²) in [5, 5.41) is 13.1. The molecule has 0 radical (unpaired) electrons. The minimum Gasteiger partial charge on any atom is -0.479 e. The van der Waals surface area contributed by atoms with Gasteiger partial charge in [0.2, 0.25) is 0 Å². The molecule has 0 saturated carbocycles. The summed E-state index contributed by atoms with van der Waals surface area (Å²) in [4.78, 5) is 25.6. The first-order valence-corrected chi connectivity index (χ1v) is 6.49. The number of carbonyl (C=O) groups is 2. The summed E-state index contributed by atoms with van der Waals surface area (Å²) in [6, 6.07) is 0. The highest BCUT2D eigenvalue weighted by Crippen LogP contribution is 2.35. The molecule has 19 heavy (non-hydrogen) atoms. The average molecular weight is 266 g/mol. The number of nitrogens with zero attached hydrogens (tertiary/aromatic N) is 2. The van der Waals surface area contributed by atoms with E-state index in [2.05, 4.69) is 5.16 Å². The van der Waals surface area contributed by atoms with Crippen LogP contribution in [0.1, 0.15) is 48.7 Å². The molecule has 1 aromatic rings. The van der Waals surface area contributed by atoms with Crippen molar-refractivity contribution < 1.29 is 19.2 Å². The smallest absolute Gasteiger partial charge is 0.329 e. The summed E-state index contributed by atoms with van der Waals surface area (Å²) in [5.41, 5.74) is -0.723. The van der Waals surface area contributed by atoms with Crippen LogP contribution in [-0.2, 0) is 4.79 Å². The zero-order chi connectivity index (χ0) is 14.0. The Balaban J connectivity index is 2.35. The van der Waals surface area contributed by atoms with Crippen molar-refractivity contribution in [1.29, 1.82) is 0 Å². The molecule has 2 heterocycles. The van der Waals surface area contributed by atoms with Crippen LogP contribution in [0, 0.1) is 6.92 Å². The zero-order valence-corrected chi connectivity index (χ0v) is 11.2. The SMILES string of the molecule is CCCC1(C(=O)O)CCCN1C(=O)c1cnoc1C. The summed E-state index contributed by atoms with van der Waals surface area (Å²) in [7, 11) is 0. The fraction of sp³-hybridized carbons (Fsp3) is 0.615. The number of likely N-dealkylation sites (tertiary alicyclic amines) is 1. The molecular formula is C13H18N2O4. The topological polar surface area (TPSA) is 83.6 Å². The number of aryl methyl sites for hydroxylation is 1. The molecule has 1 atom stereocenters. The predicted octanol–water partition coefficient (Wildman–Crippen LogP) is 1.84. The molecule has 1 amide bonds. The Hall–Kier alpha value is -1.85. The third-order valence-corrected chi connectivity index (χ3v) is 3.78. The van der Waals surface area contributed by atoms with Gasteiger partial charge in [0.25, 0.3) is 5.91 Å². The molecule has 0 spiro atoms. The van der Waals surface area contributed by atoms with Gasteiger partial charge in [0.15, 0.2) is 0 Å². The van der Waals surface area contributed by atoms with E-state index in [1.807, 2.05) is 6.92 Å². The van der Waals surface area contributed by atoms with Gasteiger partial charge in [-0.3, -0.25) is 4.79 Å². The summed E-state index contributed by atoms with van der Waals surface area (Å²) in [5.74, 6) is -0.797. The Kier molecular flexibility index (Phi) is 3.59. The fourth-order valence-corrected chi connectivity index (χ4v) is 2.83. The molecule has 1 aliphatic heterocycles. The standard InChI is InChI=1S/C13H18N2O4/c1-3-5-13(12(17)18)6-4-7-15(13)11(16)10-8-14-19-9(10)2/h8H,3-7H2,1-2H3,(H,17,18). The molecule has 6 heteroatoms. The van der Waals surface area contributed by atoms with Gasteiger partial charge in [0, 0.05) is 6.54 Å². The van der Waals surface area contributed by atoms with E-state index >= 15 is 0 Å². The van der Waals surface area contributed by atoms with Crippen molar-refractivity contribution in [2.75, 3.05) is 6.54 Å². The van der Waals surface area contributed by atoms with Crippen molar-refractivity contribution in [1.82, 2.24) is 10.1 Å². The lowest BCUT2D eigenvalue weighted by Crippen LogP contribution is -2.53. The molecule has 1 saturated heterocycles. The average Bonchev–Trinajstić information content (AvgIpc) is 2.96. The largest absolute Gasteiger partial charge is 0.479 e. The monoisotopic (exact) mass is 266 g/mol. The highest BCUT2D eigenvalue weighted by Gasteiger charge is 2.49. The first-order valence-electron chi connectivity index (χ1n) is 6.49. The zero-order valence-electron chi connectivity index (χ0n) is 11.2. The van der Waals surface area contributed by atoms with Gasteiger partial charge < -0.3 is 14.5 Å². The van der Waals surface area contributed by atoms with Crippen LogP contribution in [0.4, 0.5) is 0 Å². The second-order valence-corrected chi connectivity index (χ2v) is 4.94. The number of aromatic nitrogens is 1. The maximum atomic E-state index is 12.5. The molecule has 6 nitrogen and oxygen atoms in total. The number of rotatable bonds is 4. The van der Waals surface area contributed by atoms with E-state index in [0.29, 0.717) is 37.1 Å². The molecule has 1 N–H and O–H groups in total. The Labute approximate surface area is 111 Å². The van der Waals surface area contributed by atoms with Crippen molar-refractivity contribution >= 4 is 11.9 Å². The Morgan fingerprint density at radius 3 is 2.84 bits per heavy atom. The van der Waals surface area contributed by atoms with Crippen LogP contribution in [-0.4, -0.2) is 39.1 Å². The first-order chi connectivity index (χ1) is 9.03. The highest BCUT2D eigenvalue weighted by molar-refractivity contribution is 5.98. The third kappa shape index (κ3) is 2.11. The number of hydrogen-bond acceptors (Lipinski definition) is 4. The van der Waals surface area contributed by atoms with Crippen LogP contribution in [0.25, 0.3) is 0 Å². The lowest BCUT2D eigenvalue weighted by molar-refractivity contribution is -0.148. The summed E-state index contributed by atoms with van der Waals surface area (Å²) in [6.07, 6.45) is 3.76. The van der Waals surface area contributed by atoms with Gasteiger partial charge >= 0.3 is 5.97 Å². The predicted molar refractivity (Wildman–Crippen MR) is 66.8 cm³/mol. The second kappa shape index (κ2) is 5.03. The molecule has 1 aliphatic rings. The number of carboxylic acid groups (broad SMARTS) is 1. The van der Waals surface area contributed by atoms with Crippen LogP contribution in [0.5, 0.6) is 0 Å². The quantitative estimate of drug-likeness (QED) is 0.899. The van der Waals surface area contributed by atoms with Gasteiger partial charge in [0.05, 0.1) is 6.20 Å². The van der Waals surface area contributed by atoms with Crippen molar-refractivity contribution in [3.63, 3.8) is 0 Å². The first kappa shape index (κ1) is 13.6. The maximum absolute atomic E-state index is 12.5. The van der Waals surface area contributed by atoms with E-state index in [1.54, 1.807) is 6.92 Å². The number of carboxylic acids is 1.